The highest BCUT2D eigenvalue weighted by atomic mass is 32.1. The van der Waals surface area contributed by atoms with Gasteiger partial charge in [0.1, 0.15) is 4.88 Å². The third-order valence-corrected chi connectivity index (χ3v) is 3.71. The van der Waals surface area contributed by atoms with Crippen molar-refractivity contribution in [2.75, 3.05) is 5.73 Å². The molecule has 0 atom stereocenters. The zero-order chi connectivity index (χ0) is 11.0. The molecule has 0 bridgehead atoms. The molecule has 15 heavy (non-hydrogen) atoms. The van der Waals surface area contributed by atoms with E-state index in [1.165, 1.54) is 11.3 Å². The lowest BCUT2D eigenvalue weighted by molar-refractivity contribution is 0.0899. The van der Waals surface area contributed by atoms with E-state index in [1.54, 1.807) is 0 Å². The molecule has 0 spiro atoms. The van der Waals surface area contributed by atoms with Crippen LogP contribution < -0.4 is 11.1 Å². The van der Waals surface area contributed by atoms with E-state index in [2.05, 4.69) is 17.2 Å². The van der Waals surface area contributed by atoms with E-state index in [0.29, 0.717) is 16.1 Å². The lowest BCUT2D eigenvalue weighted by Gasteiger charge is -2.33. The van der Waals surface area contributed by atoms with E-state index in [1.807, 2.05) is 6.92 Å². The summed E-state index contributed by atoms with van der Waals surface area (Å²) in [4.78, 5) is 16.5. The number of aromatic nitrogens is 1. The quantitative estimate of drug-likeness (QED) is 0.802. The van der Waals surface area contributed by atoms with E-state index >= 15 is 0 Å². The molecule has 1 aromatic heterocycles. The first-order valence-electron chi connectivity index (χ1n) is 5.10. The summed E-state index contributed by atoms with van der Waals surface area (Å²) in [5, 5.41) is 3.45. The monoisotopic (exact) mass is 225 g/mol. The molecule has 2 rings (SSSR count). The van der Waals surface area contributed by atoms with Gasteiger partial charge in [0.15, 0.2) is 5.13 Å². The van der Waals surface area contributed by atoms with Crippen molar-refractivity contribution in [3.8, 4) is 0 Å². The van der Waals surface area contributed by atoms with Crippen LogP contribution >= 0.6 is 11.3 Å². The SMILES string of the molecule is Cc1nc(N)sc1C(=O)NC1CC(C)C1. The maximum atomic E-state index is 11.8. The second-order valence-corrected chi connectivity index (χ2v) is 5.24. The average Bonchev–Trinajstić information content (AvgIpc) is 2.42. The van der Waals surface area contributed by atoms with Crippen LogP contribution in [0.15, 0.2) is 0 Å². The van der Waals surface area contributed by atoms with Crippen LogP contribution in [-0.4, -0.2) is 16.9 Å². The van der Waals surface area contributed by atoms with E-state index in [-0.39, 0.29) is 5.91 Å². The van der Waals surface area contributed by atoms with Crippen LogP contribution in [0.1, 0.15) is 35.1 Å². The number of rotatable bonds is 2. The lowest BCUT2D eigenvalue weighted by Crippen LogP contribution is -2.43. The molecule has 0 aliphatic heterocycles. The number of hydrogen-bond donors (Lipinski definition) is 2. The first-order chi connectivity index (χ1) is 7.06. The third kappa shape index (κ3) is 2.12. The number of nitrogens with one attached hydrogen (secondary N) is 1. The van der Waals surface area contributed by atoms with Crippen LogP contribution in [0.25, 0.3) is 0 Å². The predicted molar refractivity (Wildman–Crippen MR) is 60.9 cm³/mol. The van der Waals surface area contributed by atoms with E-state index in [9.17, 15) is 4.79 Å². The smallest absolute Gasteiger partial charge is 0.263 e. The number of thiazole rings is 1. The van der Waals surface area contributed by atoms with E-state index < -0.39 is 0 Å². The molecule has 0 saturated heterocycles. The van der Waals surface area contributed by atoms with Gasteiger partial charge in [-0.25, -0.2) is 4.98 Å². The second-order valence-electron chi connectivity index (χ2n) is 4.21. The van der Waals surface area contributed by atoms with Gasteiger partial charge in [-0.3, -0.25) is 4.79 Å². The molecule has 1 aliphatic rings. The van der Waals surface area contributed by atoms with Gasteiger partial charge in [-0.2, -0.15) is 0 Å². The Balaban J connectivity index is 1.99. The van der Waals surface area contributed by atoms with E-state index in [4.69, 9.17) is 5.73 Å². The van der Waals surface area contributed by atoms with Gasteiger partial charge in [0.2, 0.25) is 0 Å². The number of carbonyl (C=O) groups is 1. The number of anilines is 1. The Labute approximate surface area is 92.9 Å². The van der Waals surface area contributed by atoms with Crippen LogP contribution in [0.3, 0.4) is 0 Å². The van der Waals surface area contributed by atoms with Crippen molar-refractivity contribution < 1.29 is 4.79 Å². The second kappa shape index (κ2) is 3.81. The number of amides is 1. The Bertz CT molecular complexity index is 382. The van der Waals surface area contributed by atoms with Gasteiger partial charge >= 0.3 is 0 Å². The number of nitrogens with zero attached hydrogens (tertiary/aromatic N) is 1. The Morgan fingerprint density at radius 2 is 2.27 bits per heavy atom. The summed E-state index contributed by atoms with van der Waals surface area (Å²) in [6.45, 7) is 4.00. The van der Waals surface area contributed by atoms with Crippen molar-refractivity contribution in [2.45, 2.75) is 32.7 Å². The summed E-state index contributed by atoms with van der Waals surface area (Å²) in [5.41, 5.74) is 6.27. The van der Waals surface area contributed by atoms with Crippen molar-refractivity contribution in [3.05, 3.63) is 10.6 Å². The number of aryl methyl sites for hydroxylation is 1. The summed E-state index contributed by atoms with van der Waals surface area (Å²) in [6.07, 6.45) is 2.16. The summed E-state index contributed by atoms with van der Waals surface area (Å²) < 4.78 is 0. The van der Waals surface area contributed by atoms with Crippen molar-refractivity contribution in [2.24, 2.45) is 5.92 Å². The molecule has 1 amide bonds. The number of hydrogen-bond acceptors (Lipinski definition) is 4. The molecule has 0 unspecified atom stereocenters. The van der Waals surface area contributed by atoms with Crippen LogP contribution in [-0.2, 0) is 0 Å². The van der Waals surface area contributed by atoms with Crippen molar-refractivity contribution in [1.82, 2.24) is 10.3 Å². The fourth-order valence-corrected chi connectivity index (χ4v) is 2.64. The first-order valence-corrected chi connectivity index (χ1v) is 5.91. The molecule has 82 valence electrons. The van der Waals surface area contributed by atoms with Gasteiger partial charge in [0.05, 0.1) is 5.69 Å². The fourth-order valence-electron chi connectivity index (χ4n) is 1.90. The maximum Gasteiger partial charge on any atom is 0.263 e. The van der Waals surface area contributed by atoms with Gasteiger partial charge in [0, 0.05) is 6.04 Å². The molecule has 1 fully saturated rings. The average molecular weight is 225 g/mol. The minimum absolute atomic E-state index is 0.0291. The first kappa shape index (κ1) is 10.4. The predicted octanol–water partition coefficient (Wildman–Crippen LogP) is 1.56. The minimum Gasteiger partial charge on any atom is -0.375 e. The summed E-state index contributed by atoms with van der Waals surface area (Å²) in [6, 6.07) is 0.343. The van der Waals surface area contributed by atoms with E-state index in [0.717, 1.165) is 24.5 Å². The van der Waals surface area contributed by atoms with Gasteiger partial charge in [-0.15, -0.1) is 0 Å². The van der Waals surface area contributed by atoms with Crippen molar-refractivity contribution >= 4 is 22.4 Å². The maximum absolute atomic E-state index is 11.8. The molecule has 5 heteroatoms. The molecule has 1 saturated carbocycles. The number of nitrogen functional groups attached to an aromatic ring is 1. The zero-order valence-corrected chi connectivity index (χ0v) is 9.73. The van der Waals surface area contributed by atoms with Gasteiger partial charge in [-0.05, 0) is 25.7 Å². The Kier molecular flexibility index (Phi) is 2.65. The van der Waals surface area contributed by atoms with Crippen LogP contribution in [0, 0.1) is 12.8 Å². The minimum atomic E-state index is -0.0291. The molecular weight excluding hydrogens is 210 g/mol. The van der Waals surface area contributed by atoms with Crippen LogP contribution in [0.5, 0.6) is 0 Å². The lowest BCUT2D eigenvalue weighted by atomic mass is 9.82. The van der Waals surface area contributed by atoms with Crippen LogP contribution in [0.4, 0.5) is 5.13 Å². The molecule has 1 aromatic rings. The van der Waals surface area contributed by atoms with Crippen molar-refractivity contribution in [1.29, 1.82) is 0 Å². The van der Waals surface area contributed by atoms with Gasteiger partial charge in [0.25, 0.3) is 5.91 Å². The molecule has 0 radical (unpaired) electrons. The Morgan fingerprint density at radius 3 is 2.73 bits per heavy atom. The third-order valence-electron chi connectivity index (χ3n) is 2.73. The highest BCUT2D eigenvalue weighted by Crippen LogP contribution is 2.27. The highest BCUT2D eigenvalue weighted by molar-refractivity contribution is 7.17. The standard InChI is InChI=1S/C10H15N3OS/c1-5-3-7(4-5)13-9(14)8-6(2)12-10(11)15-8/h5,7H,3-4H2,1-2H3,(H2,11,12)(H,13,14). The van der Waals surface area contributed by atoms with Gasteiger partial charge in [-0.1, -0.05) is 18.3 Å². The number of nitrogens with two attached hydrogens (primary N) is 1. The summed E-state index contributed by atoms with van der Waals surface area (Å²) >= 11 is 1.25. The largest absolute Gasteiger partial charge is 0.375 e. The molecule has 1 aliphatic carbocycles. The molecule has 3 N–H and O–H groups in total. The topological polar surface area (TPSA) is 68.0 Å². The molecule has 0 aromatic carbocycles. The van der Waals surface area contributed by atoms with Crippen LogP contribution in [0.2, 0.25) is 0 Å². The Morgan fingerprint density at radius 1 is 1.60 bits per heavy atom. The van der Waals surface area contributed by atoms with Gasteiger partial charge < -0.3 is 11.1 Å². The molecule has 4 nitrogen and oxygen atoms in total. The summed E-state index contributed by atoms with van der Waals surface area (Å²) in [5.74, 6) is 0.710. The van der Waals surface area contributed by atoms with Crippen molar-refractivity contribution in [3.63, 3.8) is 0 Å². The normalized spacial score (nSPS) is 24.7. The highest BCUT2D eigenvalue weighted by Gasteiger charge is 2.27. The fraction of sp³-hybridized carbons (Fsp3) is 0.600. The molecular formula is C10H15N3OS. The Hall–Kier alpha value is -1.10. The molecule has 1 heterocycles. The summed E-state index contributed by atoms with van der Waals surface area (Å²) in [7, 11) is 0. The zero-order valence-electron chi connectivity index (χ0n) is 8.91. The number of carbonyl (C=O) groups excluding carboxylic acids is 1.